The number of urea groups is 1. The van der Waals surface area contributed by atoms with Crippen molar-refractivity contribution in [3.63, 3.8) is 0 Å². The molecule has 2 saturated heterocycles. The van der Waals surface area contributed by atoms with Crippen molar-refractivity contribution >= 4 is 23.1 Å². The number of benzene rings is 1. The summed E-state index contributed by atoms with van der Waals surface area (Å²) in [6.07, 6.45) is 5.93. The zero-order valence-corrected chi connectivity index (χ0v) is 16.1. The van der Waals surface area contributed by atoms with Crippen LogP contribution in [0.5, 0.6) is 0 Å². The van der Waals surface area contributed by atoms with Gasteiger partial charge in [0.15, 0.2) is 0 Å². The Morgan fingerprint density at radius 2 is 2.00 bits per heavy atom. The van der Waals surface area contributed by atoms with Crippen molar-refractivity contribution in [3.8, 4) is 0 Å². The third kappa shape index (κ3) is 4.10. The van der Waals surface area contributed by atoms with Gasteiger partial charge in [0.25, 0.3) is 0 Å². The molecule has 2 fully saturated rings. The van der Waals surface area contributed by atoms with Gasteiger partial charge in [0, 0.05) is 35.2 Å². The van der Waals surface area contributed by atoms with Gasteiger partial charge >= 0.3 is 6.03 Å². The molecule has 4 rings (SSSR count). The SMILES string of the molecule is Cc1cccc(NC(=O)NC2C[C@H]3CCC[C@H](C2)N3Cc2cccs2)c1. The Labute approximate surface area is 159 Å². The molecule has 0 saturated carbocycles. The highest BCUT2D eigenvalue weighted by atomic mass is 32.1. The molecule has 2 aliphatic rings. The molecule has 0 radical (unpaired) electrons. The van der Waals surface area contributed by atoms with Crippen LogP contribution in [0.3, 0.4) is 0 Å². The molecular formula is C21H27N3OS. The summed E-state index contributed by atoms with van der Waals surface area (Å²) in [4.78, 5) is 16.6. The molecule has 138 valence electrons. The lowest BCUT2D eigenvalue weighted by Gasteiger charge is -2.48. The quantitative estimate of drug-likeness (QED) is 0.816. The first-order valence-electron chi connectivity index (χ1n) is 9.60. The van der Waals surface area contributed by atoms with E-state index in [9.17, 15) is 4.79 Å². The number of amides is 2. The van der Waals surface area contributed by atoms with Crippen molar-refractivity contribution in [2.45, 2.75) is 63.7 Å². The zero-order valence-electron chi connectivity index (χ0n) is 15.3. The van der Waals surface area contributed by atoms with E-state index in [0.717, 1.165) is 30.6 Å². The van der Waals surface area contributed by atoms with Gasteiger partial charge in [-0.3, -0.25) is 4.90 Å². The average Bonchev–Trinajstić information content (AvgIpc) is 3.08. The lowest BCUT2D eigenvalue weighted by molar-refractivity contribution is 0.0208. The molecule has 2 aliphatic heterocycles. The topological polar surface area (TPSA) is 44.4 Å². The first-order valence-corrected chi connectivity index (χ1v) is 10.5. The summed E-state index contributed by atoms with van der Waals surface area (Å²) < 4.78 is 0. The van der Waals surface area contributed by atoms with Crippen molar-refractivity contribution in [2.24, 2.45) is 0 Å². The molecule has 2 atom stereocenters. The van der Waals surface area contributed by atoms with Gasteiger partial charge in [-0.05, 0) is 61.7 Å². The summed E-state index contributed by atoms with van der Waals surface area (Å²) in [5.74, 6) is 0. The summed E-state index contributed by atoms with van der Waals surface area (Å²) in [7, 11) is 0. The lowest BCUT2D eigenvalue weighted by atomic mass is 9.81. The highest BCUT2D eigenvalue weighted by Crippen LogP contribution is 2.35. The number of carbonyl (C=O) groups excluding carboxylic acids is 1. The number of fused-ring (bicyclic) bond motifs is 2. The summed E-state index contributed by atoms with van der Waals surface area (Å²) >= 11 is 1.85. The van der Waals surface area contributed by atoms with Gasteiger partial charge in [0.2, 0.25) is 0 Å². The number of aryl methyl sites for hydroxylation is 1. The van der Waals surface area contributed by atoms with Gasteiger partial charge in [0.05, 0.1) is 0 Å². The Morgan fingerprint density at radius 3 is 2.69 bits per heavy atom. The van der Waals surface area contributed by atoms with E-state index in [1.807, 2.05) is 42.5 Å². The number of hydrogen-bond donors (Lipinski definition) is 2. The highest BCUT2D eigenvalue weighted by Gasteiger charge is 2.38. The molecule has 0 spiro atoms. The van der Waals surface area contributed by atoms with Crippen LogP contribution in [-0.2, 0) is 6.54 Å². The maximum atomic E-state index is 12.4. The number of piperidine rings is 2. The molecule has 5 heteroatoms. The van der Waals surface area contributed by atoms with Crippen molar-refractivity contribution in [1.82, 2.24) is 10.2 Å². The van der Waals surface area contributed by atoms with Crippen molar-refractivity contribution in [1.29, 1.82) is 0 Å². The lowest BCUT2D eigenvalue weighted by Crippen LogP contribution is -2.56. The molecule has 0 aliphatic carbocycles. The predicted octanol–water partition coefficient (Wildman–Crippen LogP) is 4.76. The largest absolute Gasteiger partial charge is 0.335 e. The number of rotatable bonds is 4. The number of carbonyl (C=O) groups is 1. The first-order chi connectivity index (χ1) is 12.7. The monoisotopic (exact) mass is 369 g/mol. The van der Waals surface area contributed by atoms with Gasteiger partial charge < -0.3 is 10.6 Å². The summed E-state index contributed by atoms with van der Waals surface area (Å²) in [5.41, 5.74) is 2.01. The van der Waals surface area contributed by atoms with Crippen LogP contribution in [-0.4, -0.2) is 29.1 Å². The third-order valence-corrected chi connectivity index (χ3v) is 6.52. The minimum atomic E-state index is -0.0784. The Morgan fingerprint density at radius 1 is 1.19 bits per heavy atom. The number of thiophene rings is 1. The molecule has 3 heterocycles. The van der Waals surface area contributed by atoms with E-state index >= 15 is 0 Å². The summed E-state index contributed by atoms with van der Waals surface area (Å²) in [5, 5.41) is 8.36. The minimum Gasteiger partial charge on any atom is -0.335 e. The molecule has 2 aromatic rings. The van der Waals surface area contributed by atoms with Gasteiger partial charge in [-0.25, -0.2) is 4.79 Å². The summed E-state index contributed by atoms with van der Waals surface area (Å²) in [6.45, 7) is 3.10. The van der Waals surface area contributed by atoms with E-state index in [-0.39, 0.29) is 12.1 Å². The van der Waals surface area contributed by atoms with Crippen molar-refractivity contribution in [3.05, 3.63) is 52.2 Å². The van der Waals surface area contributed by atoms with Crippen LogP contribution in [0.2, 0.25) is 0 Å². The Hall–Kier alpha value is -1.85. The molecule has 4 nitrogen and oxygen atoms in total. The normalized spacial score (nSPS) is 25.7. The second-order valence-corrected chi connectivity index (χ2v) is 8.66. The van der Waals surface area contributed by atoms with Gasteiger partial charge in [0.1, 0.15) is 0 Å². The van der Waals surface area contributed by atoms with Crippen LogP contribution in [0, 0.1) is 6.92 Å². The number of nitrogens with zero attached hydrogens (tertiary/aromatic N) is 1. The van der Waals surface area contributed by atoms with Crippen molar-refractivity contribution in [2.75, 3.05) is 5.32 Å². The molecule has 2 N–H and O–H groups in total. The smallest absolute Gasteiger partial charge is 0.319 e. The van der Waals surface area contributed by atoms with Crippen LogP contribution in [0.4, 0.5) is 10.5 Å². The van der Waals surface area contributed by atoms with Crippen LogP contribution < -0.4 is 10.6 Å². The second-order valence-electron chi connectivity index (χ2n) is 7.63. The fraction of sp³-hybridized carbons (Fsp3) is 0.476. The third-order valence-electron chi connectivity index (χ3n) is 5.66. The minimum absolute atomic E-state index is 0.0784. The first kappa shape index (κ1) is 17.6. The molecule has 0 unspecified atom stereocenters. The van der Waals surface area contributed by atoms with Crippen molar-refractivity contribution < 1.29 is 4.79 Å². The van der Waals surface area contributed by atoms with Crippen LogP contribution in [0.15, 0.2) is 41.8 Å². The predicted molar refractivity (Wildman–Crippen MR) is 108 cm³/mol. The van der Waals surface area contributed by atoms with Crippen LogP contribution in [0.1, 0.15) is 42.5 Å². The van der Waals surface area contributed by atoms with E-state index in [1.165, 1.54) is 24.1 Å². The molecule has 2 bridgehead atoms. The summed E-state index contributed by atoms with van der Waals surface area (Å²) in [6, 6.07) is 13.7. The molecule has 26 heavy (non-hydrogen) atoms. The molecular weight excluding hydrogens is 342 g/mol. The molecule has 1 aromatic heterocycles. The standard InChI is InChI=1S/C21H27N3OS/c1-15-5-2-6-16(11-15)22-21(25)23-17-12-18-7-3-8-19(13-17)24(18)14-20-9-4-10-26-20/h2,4-6,9-11,17-19H,3,7-8,12-14H2,1H3,(H2,22,23,25)/t18-,19-/m1/s1. The van der Waals surface area contributed by atoms with Gasteiger partial charge in [-0.2, -0.15) is 0 Å². The van der Waals surface area contributed by atoms with Gasteiger partial charge in [-0.15, -0.1) is 11.3 Å². The number of nitrogens with one attached hydrogen (secondary N) is 2. The van der Waals surface area contributed by atoms with E-state index in [2.05, 4.69) is 33.0 Å². The Balaban J connectivity index is 1.35. The fourth-order valence-corrected chi connectivity index (χ4v) is 5.23. The van der Waals surface area contributed by atoms with Crippen LogP contribution >= 0.6 is 11.3 Å². The average molecular weight is 370 g/mol. The second kappa shape index (κ2) is 7.80. The zero-order chi connectivity index (χ0) is 17.9. The van der Waals surface area contributed by atoms with E-state index in [4.69, 9.17) is 0 Å². The fourth-order valence-electron chi connectivity index (χ4n) is 4.51. The molecule has 1 aromatic carbocycles. The maximum absolute atomic E-state index is 12.4. The van der Waals surface area contributed by atoms with E-state index in [1.54, 1.807) is 0 Å². The Bertz CT molecular complexity index is 731. The van der Waals surface area contributed by atoms with E-state index < -0.39 is 0 Å². The molecule has 2 amide bonds. The maximum Gasteiger partial charge on any atom is 0.319 e. The van der Waals surface area contributed by atoms with E-state index in [0.29, 0.717) is 12.1 Å². The Kier molecular flexibility index (Phi) is 5.27. The van der Waals surface area contributed by atoms with Gasteiger partial charge in [-0.1, -0.05) is 24.6 Å². The number of anilines is 1. The highest BCUT2D eigenvalue weighted by molar-refractivity contribution is 7.09. The van der Waals surface area contributed by atoms with Crippen LogP contribution in [0.25, 0.3) is 0 Å². The number of hydrogen-bond acceptors (Lipinski definition) is 3.